The van der Waals surface area contributed by atoms with Crippen LogP contribution in [0.1, 0.15) is 32.6 Å². The van der Waals surface area contributed by atoms with Crippen molar-refractivity contribution >= 4 is 5.91 Å². The third kappa shape index (κ3) is 3.91. The second-order valence-electron chi connectivity index (χ2n) is 5.53. The van der Waals surface area contributed by atoms with Crippen molar-refractivity contribution < 1.29 is 14.6 Å². The van der Waals surface area contributed by atoms with Gasteiger partial charge in [-0.05, 0) is 25.7 Å². The van der Waals surface area contributed by atoms with E-state index in [0.29, 0.717) is 12.6 Å². The van der Waals surface area contributed by atoms with Gasteiger partial charge >= 0.3 is 0 Å². The maximum Gasteiger partial charge on any atom is 0.248 e. The van der Waals surface area contributed by atoms with E-state index in [2.05, 4.69) is 4.90 Å². The molecule has 5 nitrogen and oxygen atoms in total. The molecule has 0 radical (unpaired) electrons. The molecule has 0 aromatic carbocycles. The van der Waals surface area contributed by atoms with E-state index in [1.165, 1.54) is 0 Å². The van der Waals surface area contributed by atoms with Crippen LogP contribution in [-0.4, -0.2) is 72.4 Å². The molecule has 1 saturated carbocycles. The first kappa shape index (κ1) is 14.8. The van der Waals surface area contributed by atoms with E-state index >= 15 is 0 Å². The molecule has 2 aliphatic rings. The Morgan fingerprint density at radius 3 is 2.58 bits per heavy atom. The zero-order valence-electron chi connectivity index (χ0n) is 11.9. The van der Waals surface area contributed by atoms with Crippen LogP contribution in [0.4, 0.5) is 0 Å². The molecule has 19 heavy (non-hydrogen) atoms. The Morgan fingerprint density at radius 2 is 2.00 bits per heavy atom. The lowest BCUT2D eigenvalue weighted by atomic mass is 10.1. The third-order valence-corrected chi connectivity index (χ3v) is 4.15. The zero-order chi connectivity index (χ0) is 13.7. The third-order valence-electron chi connectivity index (χ3n) is 4.15. The Hall–Kier alpha value is -0.650. The van der Waals surface area contributed by atoms with Crippen molar-refractivity contribution in [2.45, 2.75) is 44.8 Å². The number of nitrogens with zero attached hydrogens (tertiary/aromatic N) is 2. The molecular formula is C14H26N2O3. The van der Waals surface area contributed by atoms with Crippen LogP contribution in [0.5, 0.6) is 0 Å². The van der Waals surface area contributed by atoms with Crippen LogP contribution < -0.4 is 0 Å². The van der Waals surface area contributed by atoms with Crippen LogP contribution in [0.15, 0.2) is 0 Å². The summed E-state index contributed by atoms with van der Waals surface area (Å²) in [6, 6.07) is 0.314. The van der Waals surface area contributed by atoms with E-state index in [4.69, 9.17) is 4.74 Å². The predicted octanol–water partition coefficient (Wildman–Crippen LogP) is 0.471. The molecule has 2 fully saturated rings. The number of carbonyl (C=O) groups excluding carboxylic acids is 1. The maximum atomic E-state index is 11.9. The van der Waals surface area contributed by atoms with Crippen LogP contribution >= 0.6 is 0 Å². The predicted molar refractivity (Wildman–Crippen MR) is 72.9 cm³/mol. The first-order valence-corrected chi connectivity index (χ1v) is 7.50. The molecule has 1 aliphatic carbocycles. The average molecular weight is 270 g/mol. The number of amides is 1. The summed E-state index contributed by atoms with van der Waals surface area (Å²) >= 11 is 0. The van der Waals surface area contributed by atoms with E-state index < -0.39 is 0 Å². The highest BCUT2D eigenvalue weighted by Crippen LogP contribution is 2.25. The summed E-state index contributed by atoms with van der Waals surface area (Å²) in [5.74, 6) is 0.0973. The second-order valence-corrected chi connectivity index (χ2v) is 5.53. The molecule has 2 rings (SSSR count). The van der Waals surface area contributed by atoms with Gasteiger partial charge in [-0.3, -0.25) is 9.69 Å². The summed E-state index contributed by atoms with van der Waals surface area (Å²) in [6.07, 6.45) is 3.91. The molecular weight excluding hydrogens is 244 g/mol. The number of rotatable bonds is 5. The van der Waals surface area contributed by atoms with Gasteiger partial charge in [-0.1, -0.05) is 6.92 Å². The van der Waals surface area contributed by atoms with Gasteiger partial charge in [0.2, 0.25) is 5.91 Å². The van der Waals surface area contributed by atoms with Crippen LogP contribution in [0.2, 0.25) is 0 Å². The van der Waals surface area contributed by atoms with Gasteiger partial charge in [-0.25, -0.2) is 0 Å². The molecule has 5 heteroatoms. The van der Waals surface area contributed by atoms with Crippen LogP contribution in [0.25, 0.3) is 0 Å². The highest BCUT2D eigenvalue weighted by atomic mass is 16.5. The summed E-state index contributed by atoms with van der Waals surface area (Å²) in [6.45, 7) is 6.17. The van der Waals surface area contributed by atoms with E-state index in [0.717, 1.165) is 51.9 Å². The van der Waals surface area contributed by atoms with Crippen molar-refractivity contribution in [2.75, 3.05) is 39.4 Å². The molecule has 2 atom stereocenters. The van der Waals surface area contributed by atoms with E-state index in [-0.39, 0.29) is 18.6 Å². The van der Waals surface area contributed by atoms with Gasteiger partial charge in [0, 0.05) is 38.8 Å². The molecule has 0 unspecified atom stereocenters. The van der Waals surface area contributed by atoms with E-state index in [1.807, 2.05) is 11.8 Å². The molecule has 1 aliphatic heterocycles. The lowest BCUT2D eigenvalue weighted by Gasteiger charge is -2.39. The Bertz CT molecular complexity index is 290. The number of hydrogen-bond donors (Lipinski definition) is 1. The SMILES string of the molecule is CCCOCC(=O)N1CCN([C@H]2CCC[C@@H]2O)CC1. The lowest BCUT2D eigenvalue weighted by Crippen LogP contribution is -2.54. The fourth-order valence-corrected chi connectivity index (χ4v) is 3.04. The van der Waals surface area contributed by atoms with Gasteiger partial charge < -0.3 is 14.7 Å². The Morgan fingerprint density at radius 1 is 1.26 bits per heavy atom. The fourth-order valence-electron chi connectivity index (χ4n) is 3.04. The Kier molecular flexibility index (Phi) is 5.60. The van der Waals surface area contributed by atoms with Gasteiger partial charge in [-0.15, -0.1) is 0 Å². The molecule has 1 N–H and O–H groups in total. The largest absolute Gasteiger partial charge is 0.391 e. The quantitative estimate of drug-likeness (QED) is 0.738. The molecule has 1 saturated heterocycles. The first-order chi connectivity index (χ1) is 9.22. The van der Waals surface area contributed by atoms with Crippen molar-refractivity contribution in [3.8, 4) is 0 Å². The molecule has 0 bridgehead atoms. The minimum atomic E-state index is -0.171. The van der Waals surface area contributed by atoms with Gasteiger partial charge in [-0.2, -0.15) is 0 Å². The Labute approximate surface area is 115 Å². The smallest absolute Gasteiger partial charge is 0.248 e. The maximum absolute atomic E-state index is 11.9. The molecule has 0 aromatic rings. The molecule has 0 aromatic heterocycles. The fraction of sp³-hybridized carbons (Fsp3) is 0.929. The van der Waals surface area contributed by atoms with Crippen molar-refractivity contribution in [1.82, 2.24) is 9.80 Å². The van der Waals surface area contributed by atoms with E-state index in [9.17, 15) is 9.90 Å². The zero-order valence-corrected chi connectivity index (χ0v) is 11.9. The first-order valence-electron chi connectivity index (χ1n) is 7.50. The Balaban J connectivity index is 1.71. The summed E-state index contributed by atoms with van der Waals surface area (Å²) in [7, 11) is 0. The van der Waals surface area contributed by atoms with Crippen LogP contribution in [0.3, 0.4) is 0 Å². The minimum Gasteiger partial charge on any atom is -0.391 e. The monoisotopic (exact) mass is 270 g/mol. The van der Waals surface area contributed by atoms with Gasteiger partial charge in [0.15, 0.2) is 0 Å². The van der Waals surface area contributed by atoms with Crippen molar-refractivity contribution in [3.63, 3.8) is 0 Å². The molecule has 0 spiro atoms. The van der Waals surface area contributed by atoms with E-state index in [1.54, 1.807) is 0 Å². The van der Waals surface area contributed by atoms with Crippen LogP contribution in [-0.2, 0) is 9.53 Å². The second kappa shape index (κ2) is 7.22. The minimum absolute atomic E-state index is 0.0973. The highest BCUT2D eigenvalue weighted by Gasteiger charge is 2.33. The number of aliphatic hydroxyl groups excluding tert-OH is 1. The van der Waals surface area contributed by atoms with Gasteiger partial charge in [0.05, 0.1) is 6.10 Å². The highest BCUT2D eigenvalue weighted by molar-refractivity contribution is 5.77. The number of ether oxygens (including phenoxy) is 1. The lowest BCUT2D eigenvalue weighted by molar-refractivity contribution is -0.138. The van der Waals surface area contributed by atoms with Crippen molar-refractivity contribution in [1.29, 1.82) is 0 Å². The molecule has 110 valence electrons. The van der Waals surface area contributed by atoms with Crippen molar-refractivity contribution in [2.24, 2.45) is 0 Å². The summed E-state index contributed by atoms with van der Waals surface area (Å²) in [5.41, 5.74) is 0. The average Bonchev–Trinajstić information content (AvgIpc) is 2.85. The normalized spacial score (nSPS) is 28.8. The van der Waals surface area contributed by atoms with Crippen molar-refractivity contribution in [3.05, 3.63) is 0 Å². The van der Waals surface area contributed by atoms with Gasteiger partial charge in [0.25, 0.3) is 0 Å². The topological polar surface area (TPSA) is 53.0 Å². The number of piperazine rings is 1. The number of hydrogen-bond acceptors (Lipinski definition) is 4. The van der Waals surface area contributed by atoms with Crippen LogP contribution in [0, 0.1) is 0 Å². The number of aliphatic hydroxyl groups is 1. The summed E-state index contributed by atoms with van der Waals surface area (Å²) in [4.78, 5) is 16.1. The summed E-state index contributed by atoms with van der Waals surface area (Å²) < 4.78 is 5.30. The molecule has 1 amide bonds. The van der Waals surface area contributed by atoms with Gasteiger partial charge in [0.1, 0.15) is 6.61 Å². The summed E-state index contributed by atoms with van der Waals surface area (Å²) in [5, 5.41) is 9.92. The standard InChI is InChI=1S/C14H26N2O3/c1-2-10-19-11-14(18)16-8-6-15(7-9-16)12-4-3-5-13(12)17/h12-13,17H,2-11H2,1H3/t12-,13-/m0/s1. The molecule has 1 heterocycles. The number of carbonyl (C=O) groups is 1.